The highest BCUT2D eigenvalue weighted by atomic mass is 16.6. The number of carbonyl (C=O) groups excluding carboxylic acids is 1. The second kappa shape index (κ2) is 7.39. The van der Waals surface area contributed by atoms with Crippen LogP contribution in [0.1, 0.15) is 10.4 Å². The lowest BCUT2D eigenvalue weighted by Crippen LogP contribution is -2.29. The Hall–Kier alpha value is -3.48. The zero-order valence-electron chi connectivity index (χ0n) is 13.3. The van der Waals surface area contributed by atoms with Gasteiger partial charge in [0.15, 0.2) is 0 Å². The topological polar surface area (TPSA) is 97.2 Å². The maximum Gasteiger partial charge on any atom is 0.269 e. The Kier molecular flexibility index (Phi) is 4.84. The van der Waals surface area contributed by atoms with Crippen molar-refractivity contribution < 1.29 is 9.72 Å². The molecule has 0 spiro atoms. The molecule has 0 aliphatic carbocycles. The zero-order chi connectivity index (χ0) is 17.6. The Morgan fingerprint density at radius 2 is 1.80 bits per heavy atom. The quantitative estimate of drug-likeness (QED) is 0.410. The highest BCUT2D eigenvalue weighted by Crippen LogP contribution is 2.16. The van der Waals surface area contributed by atoms with Crippen LogP contribution in [-0.2, 0) is 0 Å². The van der Waals surface area contributed by atoms with E-state index in [2.05, 4.69) is 15.6 Å². The van der Waals surface area contributed by atoms with Crippen molar-refractivity contribution in [1.29, 1.82) is 0 Å². The number of nitrogens with one attached hydrogen (secondary N) is 2. The molecule has 0 aliphatic rings. The summed E-state index contributed by atoms with van der Waals surface area (Å²) in [5.74, 6) is -0.185. The number of carbonyl (C=O) groups is 1. The van der Waals surface area contributed by atoms with E-state index in [1.807, 2.05) is 24.3 Å². The van der Waals surface area contributed by atoms with Gasteiger partial charge in [0.25, 0.3) is 11.6 Å². The fourth-order valence-corrected chi connectivity index (χ4v) is 2.47. The van der Waals surface area contributed by atoms with Gasteiger partial charge in [-0.05, 0) is 24.3 Å². The van der Waals surface area contributed by atoms with Crippen molar-refractivity contribution in [1.82, 2.24) is 10.3 Å². The maximum atomic E-state index is 12.3. The molecule has 0 bridgehead atoms. The number of rotatable bonds is 6. The summed E-state index contributed by atoms with van der Waals surface area (Å²) >= 11 is 0. The number of nitro benzene ring substituents is 1. The average molecular weight is 336 g/mol. The van der Waals surface area contributed by atoms with Crippen LogP contribution in [0.25, 0.3) is 10.9 Å². The van der Waals surface area contributed by atoms with E-state index >= 15 is 0 Å². The third-order valence-corrected chi connectivity index (χ3v) is 3.70. The van der Waals surface area contributed by atoms with Crippen LogP contribution in [0.4, 0.5) is 11.4 Å². The van der Waals surface area contributed by atoms with Crippen LogP contribution in [0.3, 0.4) is 0 Å². The lowest BCUT2D eigenvalue weighted by Gasteiger charge is -2.09. The molecule has 1 amide bonds. The van der Waals surface area contributed by atoms with Gasteiger partial charge in [-0.2, -0.15) is 0 Å². The summed E-state index contributed by atoms with van der Waals surface area (Å²) in [6, 6.07) is 15.4. The summed E-state index contributed by atoms with van der Waals surface area (Å²) in [4.78, 5) is 26.8. The van der Waals surface area contributed by atoms with Gasteiger partial charge >= 0.3 is 0 Å². The van der Waals surface area contributed by atoms with E-state index in [0.717, 1.165) is 11.1 Å². The largest absolute Gasteiger partial charge is 0.383 e. The molecule has 0 radical (unpaired) electrons. The van der Waals surface area contributed by atoms with Crippen molar-refractivity contribution >= 4 is 28.2 Å². The summed E-state index contributed by atoms with van der Waals surface area (Å²) in [6.45, 7) is 0.917. The predicted molar refractivity (Wildman–Crippen MR) is 95.7 cm³/mol. The van der Waals surface area contributed by atoms with E-state index in [1.165, 1.54) is 12.1 Å². The molecule has 7 heteroatoms. The number of fused-ring (bicyclic) bond motifs is 1. The first-order valence-electron chi connectivity index (χ1n) is 7.75. The third-order valence-electron chi connectivity index (χ3n) is 3.70. The number of benzene rings is 2. The zero-order valence-corrected chi connectivity index (χ0v) is 13.3. The minimum atomic E-state index is -0.442. The summed E-state index contributed by atoms with van der Waals surface area (Å²) in [7, 11) is 0. The fourth-order valence-electron chi connectivity index (χ4n) is 2.47. The van der Waals surface area contributed by atoms with E-state index in [4.69, 9.17) is 0 Å². The smallest absolute Gasteiger partial charge is 0.269 e. The molecule has 2 N–H and O–H groups in total. The molecule has 0 unspecified atom stereocenters. The van der Waals surface area contributed by atoms with Crippen LogP contribution in [0.2, 0.25) is 0 Å². The van der Waals surface area contributed by atoms with Crippen LogP contribution in [0.5, 0.6) is 0 Å². The molecule has 1 aromatic heterocycles. The minimum absolute atomic E-state index is 0.0438. The maximum absolute atomic E-state index is 12.3. The van der Waals surface area contributed by atoms with Gasteiger partial charge in [0.05, 0.1) is 16.0 Å². The number of amides is 1. The number of hydrogen-bond donors (Lipinski definition) is 2. The standard InChI is InChI=1S/C18H16N4O3/c23-18(16-5-1-3-13-4-2-10-20-17(13)16)21-12-11-19-14-6-8-15(9-7-14)22(24)25/h1-10,19H,11-12H2,(H,21,23). The van der Waals surface area contributed by atoms with Crippen molar-refractivity contribution in [2.24, 2.45) is 0 Å². The normalized spacial score (nSPS) is 10.4. The van der Waals surface area contributed by atoms with Crippen LogP contribution in [-0.4, -0.2) is 28.9 Å². The van der Waals surface area contributed by atoms with Crippen molar-refractivity contribution in [3.63, 3.8) is 0 Å². The predicted octanol–water partition coefficient (Wildman–Crippen LogP) is 2.98. The number of hydrogen-bond acceptors (Lipinski definition) is 5. The Bertz CT molecular complexity index is 904. The summed E-state index contributed by atoms with van der Waals surface area (Å²) in [6.07, 6.45) is 1.66. The molecule has 0 saturated carbocycles. The number of nitrogens with zero attached hydrogens (tertiary/aromatic N) is 2. The molecule has 0 atom stereocenters. The van der Waals surface area contributed by atoms with E-state index < -0.39 is 4.92 Å². The number of aromatic nitrogens is 1. The van der Waals surface area contributed by atoms with E-state index in [9.17, 15) is 14.9 Å². The molecule has 126 valence electrons. The molecule has 2 aromatic carbocycles. The Morgan fingerprint density at radius 1 is 1.04 bits per heavy atom. The van der Waals surface area contributed by atoms with Gasteiger partial charge in [-0.1, -0.05) is 18.2 Å². The van der Waals surface area contributed by atoms with Crippen LogP contribution in [0.15, 0.2) is 60.8 Å². The molecular weight excluding hydrogens is 320 g/mol. The first kappa shape index (κ1) is 16.4. The Morgan fingerprint density at radius 3 is 2.56 bits per heavy atom. The number of anilines is 1. The second-order valence-corrected chi connectivity index (χ2v) is 5.37. The fraction of sp³-hybridized carbons (Fsp3) is 0.111. The first-order valence-corrected chi connectivity index (χ1v) is 7.75. The first-order chi connectivity index (χ1) is 12.1. The van der Waals surface area contributed by atoms with Crippen LogP contribution >= 0.6 is 0 Å². The number of non-ortho nitro benzene ring substituents is 1. The van der Waals surface area contributed by atoms with Crippen molar-refractivity contribution in [2.75, 3.05) is 18.4 Å². The van der Waals surface area contributed by atoms with E-state index in [1.54, 1.807) is 24.4 Å². The molecular formula is C18H16N4O3. The summed E-state index contributed by atoms with van der Waals surface area (Å²) < 4.78 is 0. The highest BCUT2D eigenvalue weighted by Gasteiger charge is 2.10. The number of pyridine rings is 1. The van der Waals surface area contributed by atoms with Gasteiger partial charge < -0.3 is 10.6 Å². The molecule has 3 rings (SSSR count). The van der Waals surface area contributed by atoms with E-state index in [-0.39, 0.29) is 11.6 Å². The van der Waals surface area contributed by atoms with Gasteiger partial charge in [-0.25, -0.2) is 0 Å². The molecule has 25 heavy (non-hydrogen) atoms. The number of nitro groups is 1. The Labute approximate surface area is 143 Å². The van der Waals surface area contributed by atoms with Crippen LogP contribution in [0, 0.1) is 10.1 Å². The minimum Gasteiger partial charge on any atom is -0.383 e. The molecule has 3 aromatic rings. The van der Waals surface area contributed by atoms with Gasteiger partial charge in [0.2, 0.25) is 0 Å². The van der Waals surface area contributed by atoms with Crippen molar-refractivity contribution in [2.45, 2.75) is 0 Å². The highest BCUT2D eigenvalue weighted by molar-refractivity contribution is 6.05. The summed E-state index contributed by atoms with van der Waals surface area (Å²) in [5, 5.41) is 17.5. The van der Waals surface area contributed by atoms with Crippen molar-refractivity contribution in [3.05, 3.63) is 76.5 Å². The monoisotopic (exact) mass is 336 g/mol. The Balaban J connectivity index is 1.55. The SMILES string of the molecule is O=C(NCCNc1ccc([N+](=O)[O-])cc1)c1cccc2cccnc12. The molecule has 1 heterocycles. The molecule has 0 saturated heterocycles. The van der Waals surface area contributed by atoms with Gasteiger partial charge in [0.1, 0.15) is 0 Å². The lowest BCUT2D eigenvalue weighted by molar-refractivity contribution is -0.384. The van der Waals surface area contributed by atoms with Gasteiger partial charge in [0, 0.05) is 42.5 Å². The van der Waals surface area contributed by atoms with Gasteiger partial charge in [-0.15, -0.1) is 0 Å². The molecule has 0 aliphatic heterocycles. The molecule has 0 fully saturated rings. The van der Waals surface area contributed by atoms with E-state index in [0.29, 0.717) is 24.2 Å². The van der Waals surface area contributed by atoms with Crippen LogP contribution < -0.4 is 10.6 Å². The average Bonchev–Trinajstić information content (AvgIpc) is 2.65. The second-order valence-electron chi connectivity index (χ2n) is 5.37. The van der Waals surface area contributed by atoms with Gasteiger partial charge in [-0.3, -0.25) is 19.9 Å². The van der Waals surface area contributed by atoms with Crippen molar-refractivity contribution in [3.8, 4) is 0 Å². The summed E-state index contributed by atoms with van der Waals surface area (Å²) in [5.41, 5.74) is 2.01. The third kappa shape index (κ3) is 3.89. The number of para-hydroxylation sites is 1. The molecule has 7 nitrogen and oxygen atoms in total. The lowest BCUT2D eigenvalue weighted by atomic mass is 10.1.